The maximum atomic E-state index is 5.55. The van der Waals surface area contributed by atoms with E-state index >= 15 is 0 Å². The number of nitrogens with two attached hydrogens (primary N) is 1. The molecule has 0 atom stereocenters. The maximum absolute atomic E-state index is 5.55. The van der Waals surface area contributed by atoms with E-state index in [9.17, 15) is 0 Å². The second kappa shape index (κ2) is 1.95. The van der Waals surface area contributed by atoms with Crippen LogP contribution >= 0.6 is 11.3 Å². The lowest BCUT2D eigenvalue weighted by molar-refractivity contribution is -0.320. The first-order valence-electron chi connectivity index (χ1n) is 3.02. The fourth-order valence-electron chi connectivity index (χ4n) is 0.936. The van der Waals surface area contributed by atoms with Gasteiger partial charge in [-0.05, 0) is 23.5 Å². The van der Waals surface area contributed by atoms with Crippen LogP contribution in [0, 0.1) is 0 Å². The SMILES string of the molecule is Nc1[nH+]c2ccccc2s1. The molecule has 1 heterocycles. The van der Waals surface area contributed by atoms with Crippen LogP contribution in [0.4, 0.5) is 5.13 Å². The minimum atomic E-state index is 0.765. The molecule has 0 radical (unpaired) electrons. The van der Waals surface area contributed by atoms with E-state index < -0.39 is 0 Å². The Labute approximate surface area is 62.3 Å². The van der Waals surface area contributed by atoms with Gasteiger partial charge in [0.25, 0.3) is 0 Å². The monoisotopic (exact) mass is 151 g/mol. The van der Waals surface area contributed by atoms with Crippen LogP contribution < -0.4 is 10.7 Å². The Hall–Kier alpha value is -1.09. The number of thiazole rings is 1. The zero-order valence-corrected chi connectivity index (χ0v) is 6.11. The van der Waals surface area contributed by atoms with E-state index in [1.807, 2.05) is 24.3 Å². The Balaban J connectivity index is 2.88. The topological polar surface area (TPSA) is 40.2 Å². The first kappa shape index (κ1) is 5.68. The molecule has 2 aromatic rings. The summed E-state index contributed by atoms with van der Waals surface area (Å²) in [6.45, 7) is 0. The van der Waals surface area contributed by atoms with Crippen LogP contribution in [-0.2, 0) is 0 Å². The molecule has 10 heavy (non-hydrogen) atoms. The Morgan fingerprint density at radius 1 is 1.30 bits per heavy atom. The minimum absolute atomic E-state index is 0.765. The number of nitrogen functional groups attached to an aromatic ring is 1. The third-order valence-corrected chi connectivity index (χ3v) is 2.26. The number of H-pyrrole nitrogens is 1. The van der Waals surface area contributed by atoms with Crippen LogP contribution in [0.5, 0.6) is 0 Å². The van der Waals surface area contributed by atoms with Gasteiger partial charge in [0, 0.05) is 0 Å². The number of benzene rings is 1. The minimum Gasteiger partial charge on any atom is -0.278 e. The maximum Gasteiger partial charge on any atom is 0.330 e. The van der Waals surface area contributed by atoms with Crippen molar-refractivity contribution < 1.29 is 4.98 Å². The van der Waals surface area contributed by atoms with Crippen LogP contribution in [0.15, 0.2) is 24.3 Å². The molecule has 1 aromatic heterocycles. The Morgan fingerprint density at radius 2 is 2.10 bits per heavy atom. The first-order valence-corrected chi connectivity index (χ1v) is 3.84. The van der Waals surface area contributed by atoms with Gasteiger partial charge in [-0.3, -0.25) is 5.73 Å². The zero-order valence-electron chi connectivity index (χ0n) is 5.29. The standard InChI is InChI=1S/C7H6N2S/c8-7-9-5-3-1-2-4-6(5)10-7/h1-4H,(H2,8,9)/p+1. The molecular formula is C7H7N2S+. The van der Waals surface area contributed by atoms with Crippen molar-refractivity contribution in [3.8, 4) is 0 Å². The van der Waals surface area contributed by atoms with Gasteiger partial charge < -0.3 is 0 Å². The van der Waals surface area contributed by atoms with Gasteiger partial charge in [-0.15, -0.1) is 0 Å². The van der Waals surface area contributed by atoms with Gasteiger partial charge in [-0.25, -0.2) is 4.98 Å². The van der Waals surface area contributed by atoms with Gasteiger partial charge in [-0.1, -0.05) is 12.1 Å². The molecular weight excluding hydrogens is 144 g/mol. The molecule has 0 unspecified atom stereocenters. The molecule has 3 heteroatoms. The molecule has 0 amide bonds. The number of hydrogen-bond donors (Lipinski definition) is 1. The molecule has 0 spiro atoms. The van der Waals surface area contributed by atoms with Crippen molar-refractivity contribution in [1.82, 2.24) is 0 Å². The predicted molar refractivity (Wildman–Crippen MR) is 42.8 cm³/mol. The third kappa shape index (κ3) is 0.752. The normalized spacial score (nSPS) is 10.4. The number of rotatable bonds is 0. The van der Waals surface area contributed by atoms with Crippen LogP contribution in [0.25, 0.3) is 10.2 Å². The predicted octanol–water partition coefficient (Wildman–Crippen LogP) is 1.30. The van der Waals surface area contributed by atoms with E-state index in [4.69, 9.17) is 5.73 Å². The Kier molecular flexibility index (Phi) is 1.11. The summed E-state index contributed by atoms with van der Waals surface area (Å²) in [5.41, 5.74) is 6.67. The molecule has 0 saturated heterocycles. The van der Waals surface area contributed by atoms with Crippen molar-refractivity contribution >= 4 is 26.7 Å². The van der Waals surface area contributed by atoms with Crippen molar-refractivity contribution in [2.24, 2.45) is 0 Å². The van der Waals surface area contributed by atoms with Crippen LogP contribution in [-0.4, -0.2) is 0 Å². The Morgan fingerprint density at radius 3 is 2.90 bits per heavy atom. The lowest BCUT2D eigenvalue weighted by Crippen LogP contribution is -2.03. The second-order valence-corrected chi connectivity index (χ2v) is 3.17. The smallest absolute Gasteiger partial charge is 0.278 e. The molecule has 2 rings (SSSR count). The molecule has 0 aliphatic carbocycles. The molecule has 0 aliphatic rings. The van der Waals surface area contributed by atoms with Gasteiger partial charge in [0.15, 0.2) is 0 Å². The van der Waals surface area contributed by atoms with Crippen molar-refractivity contribution in [3.05, 3.63) is 24.3 Å². The summed E-state index contributed by atoms with van der Waals surface area (Å²) in [4.78, 5) is 3.05. The van der Waals surface area contributed by atoms with E-state index in [0.29, 0.717) is 0 Å². The molecule has 0 aliphatic heterocycles. The summed E-state index contributed by atoms with van der Waals surface area (Å²) >= 11 is 1.57. The molecule has 50 valence electrons. The van der Waals surface area contributed by atoms with Crippen molar-refractivity contribution in [2.45, 2.75) is 0 Å². The fourth-order valence-corrected chi connectivity index (χ4v) is 1.71. The number of para-hydroxylation sites is 1. The summed E-state index contributed by atoms with van der Waals surface area (Å²) in [6.07, 6.45) is 0. The Bertz CT molecular complexity index is 320. The molecule has 1 aromatic carbocycles. The summed E-state index contributed by atoms with van der Waals surface area (Å²) in [7, 11) is 0. The van der Waals surface area contributed by atoms with E-state index in [1.165, 1.54) is 4.70 Å². The lowest BCUT2D eigenvalue weighted by Gasteiger charge is -1.77. The van der Waals surface area contributed by atoms with Gasteiger partial charge in [0.2, 0.25) is 0 Å². The number of aromatic nitrogens is 1. The average molecular weight is 151 g/mol. The van der Waals surface area contributed by atoms with E-state index in [0.717, 1.165) is 10.6 Å². The van der Waals surface area contributed by atoms with Gasteiger partial charge in [0.05, 0.1) is 4.70 Å². The number of nitrogens with one attached hydrogen (secondary N) is 1. The van der Waals surface area contributed by atoms with Crippen LogP contribution in [0.2, 0.25) is 0 Å². The van der Waals surface area contributed by atoms with Crippen molar-refractivity contribution in [3.63, 3.8) is 0 Å². The number of aromatic amines is 1. The van der Waals surface area contributed by atoms with Crippen molar-refractivity contribution in [1.29, 1.82) is 0 Å². The molecule has 2 nitrogen and oxygen atoms in total. The van der Waals surface area contributed by atoms with Crippen molar-refractivity contribution in [2.75, 3.05) is 5.73 Å². The quantitative estimate of drug-likeness (QED) is 0.605. The molecule has 0 saturated carbocycles. The summed E-state index contributed by atoms with van der Waals surface area (Å²) in [5, 5.41) is 0.765. The summed E-state index contributed by atoms with van der Waals surface area (Å²) in [6, 6.07) is 8.06. The highest BCUT2D eigenvalue weighted by molar-refractivity contribution is 7.21. The van der Waals surface area contributed by atoms with Crippen LogP contribution in [0.1, 0.15) is 0 Å². The average Bonchev–Trinajstić information content (AvgIpc) is 2.27. The molecule has 3 N–H and O–H groups in total. The first-order chi connectivity index (χ1) is 4.86. The van der Waals surface area contributed by atoms with E-state index in [1.54, 1.807) is 11.3 Å². The molecule has 0 fully saturated rings. The number of hydrogen-bond acceptors (Lipinski definition) is 2. The summed E-state index contributed by atoms with van der Waals surface area (Å²) < 4.78 is 1.21. The van der Waals surface area contributed by atoms with E-state index in [2.05, 4.69) is 4.98 Å². The molecule has 0 bridgehead atoms. The highest BCUT2D eigenvalue weighted by atomic mass is 32.1. The van der Waals surface area contributed by atoms with Gasteiger partial charge in [-0.2, -0.15) is 0 Å². The largest absolute Gasteiger partial charge is 0.330 e. The van der Waals surface area contributed by atoms with Gasteiger partial charge >= 0.3 is 5.13 Å². The highest BCUT2D eigenvalue weighted by Gasteiger charge is 2.01. The van der Waals surface area contributed by atoms with Crippen LogP contribution in [0.3, 0.4) is 0 Å². The highest BCUT2D eigenvalue weighted by Crippen LogP contribution is 2.18. The van der Waals surface area contributed by atoms with E-state index in [-0.39, 0.29) is 0 Å². The number of fused-ring (bicyclic) bond motifs is 1. The second-order valence-electron chi connectivity index (χ2n) is 2.09. The van der Waals surface area contributed by atoms with Gasteiger partial charge in [0.1, 0.15) is 5.52 Å². The summed E-state index contributed by atoms with van der Waals surface area (Å²) in [5.74, 6) is 0. The fraction of sp³-hybridized carbons (Fsp3) is 0. The number of anilines is 1. The lowest BCUT2D eigenvalue weighted by atomic mass is 10.3. The zero-order chi connectivity index (χ0) is 6.97. The third-order valence-electron chi connectivity index (χ3n) is 1.36.